The second-order valence-electron chi connectivity index (χ2n) is 12.9. The van der Waals surface area contributed by atoms with E-state index in [1.165, 1.54) is 10.8 Å². The Morgan fingerprint density at radius 1 is 0.400 bits per heavy atom. The zero-order valence-corrected chi connectivity index (χ0v) is 26.9. The SMILES string of the molecule is c1ccc(-n2c3ccccc3c3c(N(c4ccc5oc6ccccc6c5c4)c4cccc5ccc6c7ccccc7oc6c45)cccc32)cc1. The second kappa shape index (κ2) is 10.4. The van der Waals surface area contributed by atoms with Crippen molar-refractivity contribution in [3.63, 3.8) is 0 Å². The highest BCUT2D eigenvalue weighted by Crippen LogP contribution is 2.48. The van der Waals surface area contributed by atoms with Gasteiger partial charge in [0.05, 0.1) is 22.4 Å². The molecule has 8 aromatic carbocycles. The molecular formula is C46H28N2O2. The summed E-state index contributed by atoms with van der Waals surface area (Å²) in [5.74, 6) is 0. The molecule has 0 bridgehead atoms. The predicted octanol–water partition coefficient (Wildman–Crippen LogP) is 13.2. The Kier molecular flexibility index (Phi) is 5.63. The maximum atomic E-state index is 6.72. The maximum Gasteiger partial charge on any atom is 0.145 e. The van der Waals surface area contributed by atoms with E-state index in [4.69, 9.17) is 8.83 Å². The predicted molar refractivity (Wildman–Crippen MR) is 208 cm³/mol. The molecule has 0 fully saturated rings. The van der Waals surface area contributed by atoms with Crippen molar-refractivity contribution < 1.29 is 8.83 Å². The number of aromatic nitrogens is 1. The van der Waals surface area contributed by atoms with E-state index in [0.717, 1.165) is 88.4 Å². The molecule has 4 nitrogen and oxygen atoms in total. The van der Waals surface area contributed by atoms with Crippen LogP contribution >= 0.6 is 0 Å². The summed E-state index contributed by atoms with van der Waals surface area (Å²) in [5.41, 5.74) is 10.1. The van der Waals surface area contributed by atoms with Crippen molar-refractivity contribution in [1.29, 1.82) is 0 Å². The van der Waals surface area contributed by atoms with Gasteiger partial charge in [0.2, 0.25) is 0 Å². The smallest absolute Gasteiger partial charge is 0.145 e. The molecule has 11 aromatic rings. The molecular weight excluding hydrogens is 613 g/mol. The first-order valence-corrected chi connectivity index (χ1v) is 16.9. The second-order valence-corrected chi connectivity index (χ2v) is 12.9. The summed E-state index contributed by atoms with van der Waals surface area (Å²) in [4.78, 5) is 2.42. The van der Waals surface area contributed by atoms with Gasteiger partial charge in [-0.3, -0.25) is 0 Å². The first-order valence-electron chi connectivity index (χ1n) is 16.9. The van der Waals surface area contributed by atoms with Crippen LogP contribution in [-0.2, 0) is 0 Å². The van der Waals surface area contributed by atoms with Crippen molar-refractivity contribution in [1.82, 2.24) is 4.57 Å². The molecule has 0 aliphatic heterocycles. The first kappa shape index (κ1) is 27.2. The number of nitrogens with zero attached hydrogens (tertiary/aromatic N) is 2. The number of hydrogen-bond acceptors (Lipinski definition) is 3. The fourth-order valence-corrected chi connectivity index (χ4v) is 8.02. The summed E-state index contributed by atoms with van der Waals surface area (Å²) in [5, 5.41) is 8.96. The fourth-order valence-electron chi connectivity index (χ4n) is 8.02. The quantitative estimate of drug-likeness (QED) is 0.192. The molecule has 50 heavy (non-hydrogen) atoms. The van der Waals surface area contributed by atoms with Crippen LogP contribution in [0.25, 0.3) is 82.1 Å². The van der Waals surface area contributed by atoms with Crippen LogP contribution in [0, 0.1) is 0 Å². The molecule has 3 aromatic heterocycles. The van der Waals surface area contributed by atoms with E-state index in [-0.39, 0.29) is 0 Å². The first-order chi connectivity index (χ1) is 24.8. The minimum atomic E-state index is 0.867. The van der Waals surface area contributed by atoms with E-state index in [2.05, 4.69) is 161 Å². The van der Waals surface area contributed by atoms with Crippen LogP contribution < -0.4 is 4.90 Å². The molecule has 4 heteroatoms. The fraction of sp³-hybridized carbons (Fsp3) is 0. The topological polar surface area (TPSA) is 34.5 Å². The zero-order valence-electron chi connectivity index (χ0n) is 26.9. The van der Waals surface area contributed by atoms with E-state index in [1.807, 2.05) is 18.2 Å². The van der Waals surface area contributed by atoms with Crippen LogP contribution in [-0.4, -0.2) is 4.57 Å². The molecule has 0 aliphatic carbocycles. The standard InChI is InChI=1S/C46H28N2O2/c1-2-13-30(14-3-1)47-37-18-7-4-17-35(37)45-39(47)20-11-21-40(45)48(31-25-27-43-36(28-31)33-16-6-8-22-41(33)49-43)38-19-10-12-29-24-26-34-32-15-5-9-23-42(32)50-46(34)44(29)38/h1-28H. The van der Waals surface area contributed by atoms with Gasteiger partial charge in [0.15, 0.2) is 0 Å². The molecule has 0 saturated carbocycles. The molecule has 11 rings (SSSR count). The molecule has 234 valence electrons. The van der Waals surface area contributed by atoms with Crippen molar-refractivity contribution in [2.45, 2.75) is 0 Å². The number of benzene rings is 8. The number of para-hydroxylation sites is 4. The summed E-state index contributed by atoms with van der Waals surface area (Å²) < 4.78 is 15.4. The molecule has 0 atom stereocenters. The number of anilines is 3. The Morgan fingerprint density at radius 2 is 1.04 bits per heavy atom. The van der Waals surface area contributed by atoms with Gasteiger partial charge in [-0.25, -0.2) is 0 Å². The van der Waals surface area contributed by atoms with Gasteiger partial charge in [-0.2, -0.15) is 0 Å². The molecule has 3 heterocycles. The zero-order chi connectivity index (χ0) is 32.8. The van der Waals surface area contributed by atoms with Gasteiger partial charge in [-0.1, -0.05) is 97.1 Å². The van der Waals surface area contributed by atoms with Crippen molar-refractivity contribution in [3.8, 4) is 5.69 Å². The summed E-state index contributed by atoms with van der Waals surface area (Å²) in [6.45, 7) is 0. The summed E-state index contributed by atoms with van der Waals surface area (Å²) in [7, 11) is 0. The highest BCUT2D eigenvalue weighted by Gasteiger charge is 2.24. The summed E-state index contributed by atoms with van der Waals surface area (Å²) in [6, 6.07) is 60.1. The lowest BCUT2D eigenvalue weighted by Gasteiger charge is -2.28. The van der Waals surface area contributed by atoms with E-state index in [1.54, 1.807) is 0 Å². The minimum Gasteiger partial charge on any atom is -0.456 e. The van der Waals surface area contributed by atoms with Gasteiger partial charge < -0.3 is 18.3 Å². The van der Waals surface area contributed by atoms with Crippen LogP contribution in [0.4, 0.5) is 17.1 Å². The highest BCUT2D eigenvalue weighted by atomic mass is 16.3. The number of hydrogen-bond donors (Lipinski definition) is 0. The van der Waals surface area contributed by atoms with Gasteiger partial charge >= 0.3 is 0 Å². The molecule has 0 spiro atoms. The van der Waals surface area contributed by atoms with Crippen molar-refractivity contribution >= 4 is 93.5 Å². The van der Waals surface area contributed by atoms with E-state index in [9.17, 15) is 0 Å². The van der Waals surface area contributed by atoms with Crippen molar-refractivity contribution in [2.24, 2.45) is 0 Å². The lowest BCUT2D eigenvalue weighted by atomic mass is 10.0. The third-order valence-corrected chi connectivity index (χ3v) is 10.2. The molecule has 0 radical (unpaired) electrons. The van der Waals surface area contributed by atoms with Gasteiger partial charge in [0, 0.05) is 49.1 Å². The van der Waals surface area contributed by atoms with E-state index >= 15 is 0 Å². The monoisotopic (exact) mass is 640 g/mol. The Bertz CT molecular complexity index is 3110. The molecule has 0 amide bonds. The molecule has 0 saturated heterocycles. The Balaban J connectivity index is 1.29. The molecule has 0 aliphatic rings. The van der Waals surface area contributed by atoms with Crippen LogP contribution in [0.3, 0.4) is 0 Å². The normalized spacial score (nSPS) is 12.0. The summed E-state index contributed by atoms with van der Waals surface area (Å²) in [6.07, 6.45) is 0. The van der Waals surface area contributed by atoms with Crippen LogP contribution in [0.1, 0.15) is 0 Å². The average Bonchev–Trinajstić information content (AvgIpc) is 3.85. The Labute approximate surface area is 286 Å². The molecule has 0 unspecified atom stereocenters. The minimum absolute atomic E-state index is 0.867. The number of furan rings is 2. The largest absolute Gasteiger partial charge is 0.456 e. The maximum absolute atomic E-state index is 6.72. The lowest BCUT2D eigenvalue weighted by molar-refractivity contribution is 0.669. The molecule has 0 N–H and O–H groups in total. The van der Waals surface area contributed by atoms with Crippen molar-refractivity contribution in [3.05, 3.63) is 170 Å². The Morgan fingerprint density at radius 3 is 1.88 bits per heavy atom. The third kappa shape index (κ3) is 3.81. The van der Waals surface area contributed by atoms with Crippen LogP contribution in [0.15, 0.2) is 179 Å². The van der Waals surface area contributed by atoms with E-state index < -0.39 is 0 Å². The van der Waals surface area contributed by atoms with E-state index in [0.29, 0.717) is 0 Å². The van der Waals surface area contributed by atoms with Gasteiger partial charge in [-0.05, 0) is 78.2 Å². The van der Waals surface area contributed by atoms with Gasteiger partial charge in [0.25, 0.3) is 0 Å². The number of rotatable bonds is 4. The van der Waals surface area contributed by atoms with Crippen LogP contribution in [0.2, 0.25) is 0 Å². The average molecular weight is 641 g/mol. The van der Waals surface area contributed by atoms with Gasteiger partial charge in [-0.15, -0.1) is 0 Å². The third-order valence-electron chi connectivity index (χ3n) is 10.2. The Hall–Kier alpha value is -6.78. The number of fused-ring (bicyclic) bond motifs is 11. The lowest BCUT2D eigenvalue weighted by Crippen LogP contribution is -2.11. The summed E-state index contributed by atoms with van der Waals surface area (Å²) >= 11 is 0. The highest BCUT2D eigenvalue weighted by molar-refractivity contribution is 6.22. The van der Waals surface area contributed by atoms with Crippen LogP contribution in [0.5, 0.6) is 0 Å². The van der Waals surface area contributed by atoms with Crippen molar-refractivity contribution in [2.75, 3.05) is 4.90 Å². The van der Waals surface area contributed by atoms with Gasteiger partial charge in [0.1, 0.15) is 22.3 Å².